The normalized spacial score (nSPS) is 27.0. The van der Waals surface area contributed by atoms with Gasteiger partial charge in [-0.05, 0) is 25.3 Å². The molecule has 0 aromatic carbocycles. The van der Waals surface area contributed by atoms with Crippen molar-refractivity contribution in [1.29, 1.82) is 0 Å². The molecule has 0 amide bonds. The number of hydrogen-bond donors (Lipinski definition) is 1. The van der Waals surface area contributed by atoms with Crippen LogP contribution in [0.15, 0.2) is 18.2 Å². The van der Waals surface area contributed by atoms with Crippen LogP contribution in [0.5, 0.6) is 5.88 Å². The molecule has 1 fully saturated rings. The van der Waals surface area contributed by atoms with Crippen molar-refractivity contribution in [3.63, 3.8) is 0 Å². The molecule has 0 bridgehead atoms. The average molecular weight is 291 g/mol. The van der Waals surface area contributed by atoms with Crippen molar-refractivity contribution >= 4 is 0 Å². The SMILES string of the molecule is CCC1(C)CN(Cc2cccc(OC)n2)C(C(C)C)CN1. The Morgan fingerprint density at radius 1 is 1.48 bits per heavy atom. The minimum absolute atomic E-state index is 0.199. The second-order valence-corrected chi connectivity index (χ2v) is 6.68. The molecule has 1 N–H and O–H groups in total. The predicted octanol–water partition coefficient (Wildman–Crippen LogP) is 2.69. The lowest BCUT2D eigenvalue weighted by atomic mass is 9.90. The van der Waals surface area contributed by atoms with E-state index in [-0.39, 0.29) is 5.54 Å². The van der Waals surface area contributed by atoms with Gasteiger partial charge in [-0.1, -0.05) is 26.8 Å². The zero-order chi connectivity index (χ0) is 15.5. The molecular weight excluding hydrogens is 262 g/mol. The Hall–Kier alpha value is -1.13. The fourth-order valence-corrected chi connectivity index (χ4v) is 3.04. The summed E-state index contributed by atoms with van der Waals surface area (Å²) in [6.45, 7) is 12.2. The molecular formula is C17H29N3O. The van der Waals surface area contributed by atoms with E-state index in [2.05, 4.69) is 49.0 Å². The van der Waals surface area contributed by atoms with Crippen LogP contribution in [0.3, 0.4) is 0 Å². The fraction of sp³-hybridized carbons (Fsp3) is 0.706. The van der Waals surface area contributed by atoms with E-state index in [1.807, 2.05) is 12.1 Å². The van der Waals surface area contributed by atoms with Crippen molar-refractivity contribution in [3.8, 4) is 5.88 Å². The first-order valence-electron chi connectivity index (χ1n) is 7.96. The van der Waals surface area contributed by atoms with Gasteiger partial charge in [0, 0.05) is 37.3 Å². The van der Waals surface area contributed by atoms with E-state index in [9.17, 15) is 0 Å². The molecule has 4 heteroatoms. The first-order valence-corrected chi connectivity index (χ1v) is 7.96. The number of nitrogens with one attached hydrogen (secondary N) is 1. The molecule has 1 saturated heterocycles. The number of methoxy groups -OCH3 is 1. The van der Waals surface area contributed by atoms with E-state index in [1.165, 1.54) is 0 Å². The summed E-state index contributed by atoms with van der Waals surface area (Å²) >= 11 is 0. The van der Waals surface area contributed by atoms with E-state index in [0.29, 0.717) is 17.8 Å². The summed E-state index contributed by atoms with van der Waals surface area (Å²) in [6, 6.07) is 6.56. The highest BCUT2D eigenvalue weighted by Gasteiger charge is 2.35. The third kappa shape index (κ3) is 3.95. The van der Waals surface area contributed by atoms with Gasteiger partial charge in [0.25, 0.3) is 0 Å². The molecule has 1 aromatic rings. The highest BCUT2D eigenvalue weighted by molar-refractivity contribution is 5.16. The maximum absolute atomic E-state index is 5.24. The summed E-state index contributed by atoms with van der Waals surface area (Å²) in [4.78, 5) is 7.14. The molecule has 118 valence electrons. The first-order chi connectivity index (χ1) is 9.97. The van der Waals surface area contributed by atoms with Gasteiger partial charge in [-0.15, -0.1) is 0 Å². The third-order valence-electron chi connectivity index (χ3n) is 4.66. The molecule has 4 nitrogen and oxygen atoms in total. The van der Waals surface area contributed by atoms with Gasteiger partial charge in [0.2, 0.25) is 5.88 Å². The Balaban J connectivity index is 2.15. The minimum Gasteiger partial charge on any atom is -0.481 e. The van der Waals surface area contributed by atoms with E-state index >= 15 is 0 Å². The Kier molecular flexibility index (Phi) is 5.22. The molecule has 1 aliphatic rings. The molecule has 2 heterocycles. The molecule has 2 unspecified atom stereocenters. The van der Waals surface area contributed by atoms with Crippen LogP contribution in [-0.4, -0.2) is 41.7 Å². The van der Waals surface area contributed by atoms with Gasteiger partial charge in [0.15, 0.2) is 0 Å². The molecule has 0 radical (unpaired) electrons. The third-order valence-corrected chi connectivity index (χ3v) is 4.66. The smallest absolute Gasteiger partial charge is 0.213 e. The van der Waals surface area contributed by atoms with Gasteiger partial charge >= 0.3 is 0 Å². The minimum atomic E-state index is 0.199. The molecule has 1 aliphatic heterocycles. The van der Waals surface area contributed by atoms with Gasteiger partial charge in [-0.3, -0.25) is 4.90 Å². The summed E-state index contributed by atoms with van der Waals surface area (Å²) in [5.74, 6) is 1.33. The second kappa shape index (κ2) is 6.75. The van der Waals surface area contributed by atoms with Crippen LogP contribution in [0, 0.1) is 5.92 Å². The van der Waals surface area contributed by atoms with Gasteiger partial charge in [-0.2, -0.15) is 0 Å². The van der Waals surface area contributed by atoms with Crippen LogP contribution < -0.4 is 10.1 Å². The molecule has 0 aliphatic carbocycles. The Morgan fingerprint density at radius 2 is 2.24 bits per heavy atom. The lowest BCUT2D eigenvalue weighted by Gasteiger charge is -2.47. The average Bonchev–Trinajstić information content (AvgIpc) is 2.47. The maximum atomic E-state index is 5.24. The first kappa shape index (κ1) is 16.2. The Labute approximate surface area is 128 Å². The van der Waals surface area contributed by atoms with E-state index in [1.54, 1.807) is 7.11 Å². The van der Waals surface area contributed by atoms with E-state index in [4.69, 9.17) is 4.74 Å². The van der Waals surface area contributed by atoms with Gasteiger partial charge < -0.3 is 10.1 Å². The number of pyridine rings is 1. The number of hydrogen-bond acceptors (Lipinski definition) is 4. The predicted molar refractivity (Wildman–Crippen MR) is 86.5 cm³/mol. The van der Waals surface area contributed by atoms with E-state index in [0.717, 1.165) is 31.7 Å². The lowest BCUT2D eigenvalue weighted by Crippen LogP contribution is -2.63. The van der Waals surface area contributed by atoms with Crippen LogP contribution in [-0.2, 0) is 6.54 Å². The quantitative estimate of drug-likeness (QED) is 0.905. The lowest BCUT2D eigenvalue weighted by molar-refractivity contribution is 0.0528. The largest absolute Gasteiger partial charge is 0.481 e. The molecule has 0 spiro atoms. The van der Waals surface area contributed by atoms with E-state index < -0.39 is 0 Å². The van der Waals surface area contributed by atoms with Crippen molar-refractivity contribution in [3.05, 3.63) is 23.9 Å². The summed E-state index contributed by atoms with van der Waals surface area (Å²) < 4.78 is 5.24. The molecule has 2 atom stereocenters. The zero-order valence-corrected chi connectivity index (χ0v) is 14.0. The molecule has 2 rings (SSSR count). The number of piperazine rings is 1. The maximum Gasteiger partial charge on any atom is 0.213 e. The van der Waals surface area contributed by atoms with Crippen molar-refractivity contribution < 1.29 is 4.74 Å². The molecule has 21 heavy (non-hydrogen) atoms. The number of rotatable bonds is 5. The number of nitrogens with zero attached hydrogens (tertiary/aromatic N) is 2. The summed E-state index contributed by atoms with van der Waals surface area (Å²) in [6.07, 6.45) is 1.14. The molecule has 0 saturated carbocycles. The zero-order valence-electron chi connectivity index (χ0n) is 14.0. The van der Waals surface area contributed by atoms with Gasteiger partial charge in [-0.25, -0.2) is 4.98 Å². The van der Waals surface area contributed by atoms with Gasteiger partial charge in [0.05, 0.1) is 12.8 Å². The Morgan fingerprint density at radius 3 is 2.86 bits per heavy atom. The van der Waals surface area contributed by atoms with Crippen LogP contribution in [0.1, 0.15) is 39.8 Å². The standard InChI is InChI=1S/C17H29N3O/c1-6-17(4)12-20(15(10-18-17)13(2)3)11-14-8-7-9-16(19-14)21-5/h7-9,13,15,18H,6,10-12H2,1-5H3. The van der Waals surface area contributed by atoms with Gasteiger partial charge in [0.1, 0.15) is 0 Å². The summed E-state index contributed by atoms with van der Waals surface area (Å²) in [5, 5.41) is 3.73. The fourth-order valence-electron chi connectivity index (χ4n) is 3.04. The van der Waals surface area contributed by atoms with Crippen LogP contribution in [0.25, 0.3) is 0 Å². The van der Waals surface area contributed by atoms with Crippen LogP contribution >= 0.6 is 0 Å². The monoisotopic (exact) mass is 291 g/mol. The molecule has 1 aromatic heterocycles. The van der Waals surface area contributed by atoms with Crippen molar-refractivity contribution in [2.45, 2.75) is 52.2 Å². The topological polar surface area (TPSA) is 37.4 Å². The summed E-state index contributed by atoms with van der Waals surface area (Å²) in [7, 11) is 1.67. The van der Waals surface area contributed by atoms with Crippen LogP contribution in [0.4, 0.5) is 0 Å². The number of ether oxygens (including phenoxy) is 1. The highest BCUT2D eigenvalue weighted by Crippen LogP contribution is 2.24. The van der Waals surface area contributed by atoms with Crippen molar-refractivity contribution in [1.82, 2.24) is 15.2 Å². The Bertz CT molecular complexity index is 463. The van der Waals surface area contributed by atoms with Crippen molar-refractivity contribution in [2.24, 2.45) is 5.92 Å². The van der Waals surface area contributed by atoms with Crippen LogP contribution in [0.2, 0.25) is 0 Å². The van der Waals surface area contributed by atoms with Crippen molar-refractivity contribution in [2.75, 3.05) is 20.2 Å². The second-order valence-electron chi connectivity index (χ2n) is 6.68. The summed E-state index contributed by atoms with van der Waals surface area (Å²) in [5.41, 5.74) is 1.28. The highest BCUT2D eigenvalue weighted by atomic mass is 16.5. The number of aromatic nitrogens is 1.